The van der Waals surface area contributed by atoms with Gasteiger partial charge in [-0.05, 0) is 32.4 Å². The molecule has 0 aliphatic carbocycles. The Labute approximate surface area is 143 Å². The second kappa shape index (κ2) is 7.16. The van der Waals surface area contributed by atoms with Crippen molar-refractivity contribution in [3.05, 3.63) is 35.0 Å². The molecule has 0 radical (unpaired) electrons. The minimum absolute atomic E-state index is 0.384. The number of hydrogen-bond acceptors (Lipinski definition) is 5. The van der Waals surface area contributed by atoms with Gasteiger partial charge in [0.05, 0.1) is 30.0 Å². The van der Waals surface area contributed by atoms with Crippen LogP contribution in [0.25, 0.3) is 10.9 Å². The number of nitrogens with zero attached hydrogens (tertiary/aromatic N) is 3. The molecule has 1 unspecified atom stereocenters. The maximum Gasteiger partial charge on any atom is 0.103 e. The average Bonchev–Trinajstić information content (AvgIpc) is 2.60. The van der Waals surface area contributed by atoms with Crippen molar-refractivity contribution in [2.24, 2.45) is 0 Å². The Kier molecular flexibility index (Phi) is 4.98. The fourth-order valence-electron chi connectivity index (χ4n) is 3.33. The molecule has 0 saturated carbocycles. The standard InChI is InChI=1S/C19H24N4O/c1-13-8-14(2)18-17(9-13)19(16(10-20)12-22-18)21-11-15(3)23-4-6-24-7-5-23/h8-9,12,15H,4-7,11H2,1-3H3,(H,21,22). The summed E-state index contributed by atoms with van der Waals surface area (Å²) in [5.41, 5.74) is 4.78. The molecule has 1 N–H and O–H groups in total. The van der Waals surface area contributed by atoms with Crippen LogP contribution in [0.4, 0.5) is 5.69 Å². The van der Waals surface area contributed by atoms with Crippen molar-refractivity contribution in [2.45, 2.75) is 26.8 Å². The Bertz CT molecular complexity index is 775. The highest BCUT2D eigenvalue weighted by molar-refractivity contribution is 5.96. The van der Waals surface area contributed by atoms with E-state index in [9.17, 15) is 5.26 Å². The fraction of sp³-hybridized carbons (Fsp3) is 0.474. The molecule has 1 aliphatic heterocycles. The number of nitrogens with one attached hydrogen (secondary N) is 1. The summed E-state index contributed by atoms with van der Waals surface area (Å²) in [6, 6.07) is 6.89. The highest BCUT2D eigenvalue weighted by Crippen LogP contribution is 2.29. The van der Waals surface area contributed by atoms with Gasteiger partial charge in [0.25, 0.3) is 0 Å². The van der Waals surface area contributed by atoms with Crippen LogP contribution >= 0.6 is 0 Å². The Morgan fingerprint density at radius 3 is 2.79 bits per heavy atom. The van der Waals surface area contributed by atoms with E-state index in [0.717, 1.165) is 55.0 Å². The third kappa shape index (κ3) is 3.35. The lowest BCUT2D eigenvalue weighted by atomic mass is 10.0. The Morgan fingerprint density at radius 2 is 2.08 bits per heavy atom. The monoisotopic (exact) mass is 324 g/mol. The van der Waals surface area contributed by atoms with Crippen LogP contribution in [0, 0.1) is 25.2 Å². The number of fused-ring (bicyclic) bond motifs is 1. The molecule has 0 spiro atoms. The van der Waals surface area contributed by atoms with Crippen LogP contribution < -0.4 is 5.32 Å². The van der Waals surface area contributed by atoms with Crippen molar-refractivity contribution in [3.63, 3.8) is 0 Å². The first kappa shape index (κ1) is 16.7. The number of anilines is 1. The quantitative estimate of drug-likeness (QED) is 0.937. The van der Waals surface area contributed by atoms with Crippen LogP contribution in [0.15, 0.2) is 18.3 Å². The molecule has 2 heterocycles. The molecule has 1 aliphatic rings. The SMILES string of the molecule is Cc1cc(C)c2ncc(C#N)c(NCC(C)N3CCOCC3)c2c1. The van der Waals surface area contributed by atoms with Gasteiger partial charge < -0.3 is 10.1 Å². The van der Waals surface area contributed by atoms with Gasteiger partial charge in [0.2, 0.25) is 0 Å². The largest absolute Gasteiger partial charge is 0.382 e. The molecule has 5 heteroatoms. The fourth-order valence-corrected chi connectivity index (χ4v) is 3.33. The second-order valence-corrected chi connectivity index (χ2v) is 6.51. The summed E-state index contributed by atoms with van der Waals surface area (Å²) >= 11 is 0. The lowest BCUT2D eigenvalue weighted by Gasteiger charge is -2.32. The third-order valence-electron chi connectivity index (χ3n) is 4.67. The van der Waals surface area contributed by atoms with Crippen molar-refractivity contribution in [3.8, 4) is 6.07 Å². The molecule has 3 rings (SSSR count). The molecule has 1 aromatic heterocycles. The molecular weight excluding hydrogens is 300 g/mol. The number of nitriles is 1. The van der Waals surface area contributed by atoms with Gasteiger partial charge in [-0.2, -0.15) is 5.26 Å². The minimum Gasteiger partial charge on any atom is -0.382 e. The molecule has 1 fully saturated rings. The van der Waals surface area contributed by atoms with E-state index in [0.29, 0.717) is 11.6 Å². The van der Waals surface area contributed by atoms with E-state index in [1.54, 1.807) is 6.20 Å². The normalized spacial score (nSPS) is 16.8. The van der Waals surface area contributed by atoms with Crippen molar-refractivity contribution >= 4 is 16.6 Å². The number of hydrogen-bond donors (Lipinski definition) is 1. The number of ether oxygens (including phenoxy) is 1. The first-order valence-electron chi connectivity index (χ1n) is 8.46. The van der Waals surface area contributed by atoms with E-state index in [1.807, 2.05) is 0 Å². The van der Waals surface area contributed by atoms with E-state index in [2.05, 4.69) is 54.2 Å². The van der Waals surface area contributed by atoms with Crippen LogP contribution in [0.2, 0.25) is 0 Å². The topological polar surface area (TPSA) is 61.2 Å². The summed E-state index contributed by atoms with van der Waals surface area (Å²) in [7, 11) is 0. The summed E-state index contributed by atoms with van der Waals surface area (Å²) in [5, 5.41) is 14.0. The molecular formula is C19H24N4O. The zero-order valence-corrected chi connectivity index (χ0v) is 14.6. The van der Waals surface area contributed by atoms with E-state index in [4.69, 9.17) is 4.74 Å². The molecule has 1 aromatic carbocycles. The van der Waals surface area contributed by atoms with Gasteiger partial charge in [0.1, 0.15) is 6.07 Å². The van der Waals surface area contributed by atoms with Crippen molar-refractivity contribution in [1.29, 1.82) is 5.26 Å². The van der Waals surface area contributed by atoms with Crippen LogP contribution in [0.3, 0.4) is 0 Å². The smallest absolute Gasteiger partial charge is 0.103 e. The predicted octanol–water partition coefficient (Wildman–Crippen LogP) is 2.86. The van der Waals surface area contributed by atoms with Gasteiger partial charge in [-0.15, -0.1) is 0 Å². The number of benzene rings is 1. The van der Waals surface area contributed by atoms with Gasteiger partial charge >= 0.3 is 0 Å². The molecule has 1 atom stereocenters. The van der Waals surface area contributed by atoms with Crippen molar-refractivity contribution in [1.82, 2.24) is 9.88 Å². The first-order valence-corrected chi connectivity index (χ1v) is 8.46. The lowest BCUT2D eigenvalue weighted by molar-refractivity contribution is 0.0227. The van der Waals surface area contributed by atoms with Crippen molar-refractivity contribution < 1.29 is 4.74 Å². The Morgan fingerprint density at radius 1 is 1.33 bits per heavy atom. The number of morpholine rings is 1. The van der Waals surface area contributed by atoms with E-state index >= 15 is 0 Å². The summed E-state index contributed by atoms with van der Waals surface area (Å²) in [4.78, 5) is 6.90. The van der Waals surface area contributed by atoms with Crippen LogP contribution in [-0.2, 0) is 4.74 Å². The lowest BCUT2D eigenvalue weighted by Crippen LogP contribution is -2.45. The zero-order valence-electron chi connectivity index (χ0n) is 14.6. The number of aromatic nitrogens is 1. The van der Waals surface area contributed by atoms with E-state index < -0.39 is 0 Å². The van der Waals surface area contributed by atoms with Gasteiger partial charge in [-0.1, -0.05) is 11.6 Å². The second-order valence-electron chi connectivity index (χ2n) is 6.51. The molecule has 126 valence electrons. The number of pyridine rings is 1. The average molecular weight is 324 g/mol. The maximum absolute atomic E-state index is 9.47. The van der Waals surface area contributed by atoms with Crippen LogP contribution in [-0.4, -0.2) is 48.8 Å². The van der Waals surface area contributed by atoms with Crippen LogP contribution in [0.1, 0.15) is 23.6 Å². The van der Waals surface area contributed by atoms with Crippen molar-refractivity contribution in [2.75, 3.05) is 38.2 Å². The Balaban J connectivity index is 1.88. The summed E-state index contributed by atoms with van der Waals surface area (Å²) in [5.74, 6) is 0. The molecule has 2 aromatic rings. The maximum atomic E-state index is 9.47. The van der Waals surface area contributed by atoms with E-state index in [-0.39, 0.29) is 0 Å². The Hall–Kier alpha value is -2.16. The molecule has 5 nitrogen and oxygen atoms in total. The van der Waals surface area contributed by atoms with Gasteiger partial charge in [0.15, 0.2) is 0 Å². The first-order chi connectivity index (χ1) is 11.6. The third-order valence-corrected chi connectivity index (χ3v) is 4.67. The summed E-state index contributed by atoms with van der Waals surface area (Å²) in [6.07, 6.45) is 1.67. The van der Waals surface area contributed by atoms with E-state index in [1.165, 1.54) is 5.56 Å². The molecule has 24 heavy (non-hydrogen) atoms. The summed E-state index contributed by atoms with van der Waals surface area (Å²) in [6.45, 7) is 10.7. The molecule has 0 bridgehead atoms. The molecule has 1 saturated heterocycles. The predicted molar refractivity (Wildman–Crippen MR) is 96.3 cm³/mol. The highest BCUT2D eigenvalue weighted by atomic mass is 16.5. The zero-order chi connectivity index (χ0) is 17.1. The van der Waals surface area contributed by atoms with Gasteiger partial charge in [0, 0.05) is 37.3 Å². The highest BCUT2D eigenvalue weighted by Gasteiger charge is 2.18. The van der Waals surface area contributed by atoms with Gasteiger partial charge in [-0.25, -0.2) is 0 Å². The van der Waals surface area contributed by atoms with Crippen LogP contribution in [0.5, 0.6) is 0 Å². The summed E-state index contributed by atoms with van der Waals surface area (Å²) < 4.78 is 5.42. The molecule has 0 amide bonds. The number of rotatable bonds is 4. The minimum atomic E-state index is 0.384. The van der Waals surface area contributed by atoms with Gasteiger partial charge in [-0.3, -0.25) is 9.88 Å². The number of aryl methyl sites for hydroxylation is 2.